The molecule has 34 heavy (non-hydrogen) atoms. The second-order valence-corrected chi connectivity index (χ2v) is 8.68. The summed E-state index contributed by atoms with van der Waals surface area (Å²) in [5, 5.41) is 6.91. The van der Waals surface area contributed by atoms with Crippen LogP contribution in [0.2, 0.25) is 0 Å². The molecule has 180 valence electrons. The number of benzene rings is 2. The van der Waals surface area contributed by atoms with E-state index in [1.54, 1.807) is 14.2 Å². The van der Waals surface area contributed by atoms with Crippen molar-refractivity contribution in [2.45, 2.75) is 51.2 Å². The van der Waals surface area contributed by atoms with Gasteiger partial charge in [0.05, 0.1) is 14.2 Å². The Morgan fingerprint density at radius 3 is 2.21 bits per heavy atom. The van der Waals surface area contributed by atoms with Crippen LogP contribution in [0.4, 0.5) is 17.8 Å². The molecule has 3 aromatic rings. The van der Waals surface area contributed by atoms with Gasteiger partial charge in [-0.3, -0.25) is 0 Å². The third kappa shape index (κ3) is 6.50. The summed E-state index contributed by atoms with van der Waals surface area (Å²) < 4.78 is 10.8. The summed E-state index contributed by atoms with van der Waals surface area (Å²) in [7, 11) is 5.30. The largest absolute Gasteiger partial charge is 0.497 e. The Morgan fingerprint density at radius 1 is 0.853 bits per heavy atom. The van der Waals surface area contributed by atoms with Gasteiger partial charge in [0.1, 0.15) is 11.5 Å². The van der Waals surface area contributed by atoms with Gasteiger partial charge in [0.25, 0.3) is 0 Å². The Kier molecular flexibility index (Phi) is 8.01. The minimum atomic E-state index is 0.402. The average molecular weight is 463 g/mol. The van der Waals surface area contributed by atoms with Crippen molar-refractivity contribution in [3.05, 3.63) is 59.7 Å². The molecular weight excluding hydrogens is 428 g/mol. The van der Waals surface area contributed by atoms with Crippen molar-refractivity contribution >= 4 is 17.8 Å². The zero-order valence-corrected chi connectivity index (χ0v) is 20.3. The first-order valence-corrected chi connectivity index (χ1v) is 11.9. The molecule has 2 N–H and O–H groups in total. The Hall–Kier alpha value is -3.55. The third-order valence-electron chi connectivity index (χ3n) is 6.03. The van der Waals surface area contributed by atoms with E-state index in [0.29, 0.717) is 37.0 Å². The molecule has 8 nitrogen and oxygen atoms in total. The van der Waals surface area contributed by atoms with Crippen LogP contribution in [-0.2, 0) is 13.1 Å². The molecule has 0 saturated heterocycles. The zero-order chi connectivity index (χ0) is 23.8. The number of nitrogens with zero attached hydrogens (tertiary/aromatic N) is 4. The molecule has 1 heterocycles. The van der Waals surface area contributed by atoms with Crippen molar-refractivity contribution < 1.29 is 9.47 Å². The van der Waals surface area contributed by atoms with Crippen LogP contribution in [0, 0.1) is 0 Å². The van der Waals surface area contributed by atoms with Crippen molar-refractivity contribution in [1.82, 2.24) is 15.0 Å². The van der Waals surface area contributed by atoms with Crippen LogP contribution in [-0.4, -0.2) is 42.3 Å². The van der Waals surface area contributed by atoms with Gasteiger partial charge < -0.3 is 25.0 Å². The molecule has 1 saturated carbocycles. The number of hydrogen-bond acceptors (Lipinski definition) is 8. The molecule has 8 heteroatoms. The van der Waals surface area contributed by atoms with Crippen LogP contribution in [0.1, 0.15) is 43.2 Å². The summed E-state index contributed by atoms with van der Waals surface area (Å²) in [5.41, 5.74) is 2.21. The van der Waals surface area contributed by atoms with E-state index in [1.165, 1.54) is 24.8 Å². The maximum Gasteiger partial charge on any atom is 0.231 e. The number of rotatable bonds is 10. The van der Waals surface area contributed by atoms with Crippen LogP contribution in [0.15, 0.2) is 48.5 Å². The van der Waals surface area contributed by atoms with Crippen molar-refractivity contribution in [2.75, 3.05) is 36.8 Å². The molecule has 1 fully saturated rings. The van der Waals surface area contributed by atoms with Gasteiger partial charge in [-0.15, -0.1) is 0 Å². The number of methoxy groups -OCH3 is 2. The number of hydrogen-bond donors (Lipinski definition) is 2. The first kappa shape index (κ1) is 23.6. The van der Waals surface area contributed by atoms with E-state index in [1.807, 2.05) is 48.3 Å². The number of ether oxygens (including phenoxy) is 2. The molecule has 4 rings (SSSR count). The van der Waals surface area contributed by atoms with Crippen molar-refractivity contribution in [3.63, 3.8) is 0 Å². The Bertz CT molecular complexity index is 1030. The van der Waals surface area contributed by atoms with Gasteiger partial charge in [0, 0.05) is 32.2 Å². The van der Waals surface area contributed by atoms with E-state index < -0.39 is 0 Å². The molecular formula is C26H34N6O2. The molecule has 1 aliphatic rings. The first-order chi connectivity index (χ1) is 16.6. The maximum atomic E-state index is 5.39. The molecule has 0 atom stereocenters. The fraction of sp³-hybridized carbons (Fsp3) is 0.423. The van der Waals surface area contributed by atoms with Gasteiger partial charge in [0.2, 0.25) is 17.8 Å². The lowest BCUT2D eigenvalue weighted by Gasteiger charge is -2.24. The number of anilines is 3. The Balaban J connectivity index is 1.54. The molecule has 0 aliphatic heterocycles. The highest BCUT2D eigenvalue weighted by molar-refractivity contribution is 5.46. The summed E-state index contributed by atoms with van der Waals surface area (Å²) in [5.74, 6) is 3.26. The molecule has 1 aliphatic carbocycles. The standard InChI is InChI=1S/C26H34N6O2/c1-32(18-19-10-6-4-7-11-19)26-30-24(29-25(31-26)28-21-12-8-5-9-13-21)27-17-20-14-22(33-2)16-23(15-20)34-3/h4,6-7,10-11,14-16,21H,5,8-9,12-13,17-18H2,1-3H3,(H2,27,28,29,30,31). The SMILES string of the molecule is COc1cc(CNc2nc(NC3CCCCC3)nc(N(C)Cc3ccccc3)n2)cc(OC)c1. The first-order valence-electron chi connectivity index (χ1n) is 11.9. The van der Waals surface area contributed by atoms with Crippen molar-refractivity contribution in [3.8, 4) is 11.5 Å². The molecule has 0 unspecified atom stereocenters. The van der Waals surface area contributed by atoms with Gasteiger partial charge in [-0.2, -0.15) is 15.0 Å². The van der Waals surface area contributed by atoms with Gasteiger partial charge in [-0.05, 0) is 36.1 Å². The van der Waals surface area contributed by atoms with Gasteiger partial charge in [-0.25, -0.2) is 0 Å². The molecule has 0 radical (unpaired) electrons. The second-order valence-electron chi connectivity index (χ2n) is 8.68. The molecule has 0 bridgehead atoms. The normalized spacial score (nSPS) is 13.9. The Labute approximate surface area is 201 Å². The van der Waals surface area contributed by atoms with Crippen LogP contribution < -0.4 is 25.0 Å². The number of aromatic nitrogens is 3. The highest BCUT2D eigenvalue weighted by atomic mass is 16.5. The minimum absolute atomic E-state index is 0.402. The molecule has 2 aromatic carbocycles. The van der Waals surface area contributed by atoms with E-state index >= 15 is 0 Å². The molecule has 1 aromatic heterocycles. The zero-order valence-electron chi connectivity index (χ0n) is 20.3. The third-order valence-corrected chi connectivity index (χ3v) is 6.03. The summed E-state index contributed by atoms with van der Waals surface area (Å²) >= 11 is 0. The summed E-state index contributed by atoms with van der Waals surface area (Å²) in [6.45, 7) is 1.24. The van der Waals surface area contributed by atoms with Gasteiger partial charge >= 0.3 is 0 Å². The van der Waals surface area contributed by atoms with Crippen LogP contribution in [0.3, 0.4) is 0 Å². The van der Waals surface area contributed by atoms with Crippen molar-refractivity contribution in [1.29, 1.82) is 0 Å². The predicted octanol–water partition coefficient (Wildman–Crippen LogP) is 4.88. The second kappa shape index (κ2) is 11.5. The quantitative estimate of drug-likeness (QED) is 0.441. The van der Waals surface area contributed by atoms with Gasteiger partial charge in [-0.1, -0.05) is 49.6 Å². The lowest BCUT2D eigenvalue weighted by atomic mass is 9.96. The highest BCUT2D eigenvalue weighted by Crippen LogP contribution is 2.24. The van der Waals surface area contributed by atoms with E-state index in [0.717, 1.165) is 29.9 Å². The van der Waals surface area contributed by atoms with E-state index in [9.17, 15) is 0 Å². The van der Waals surface area contributed by atoms with E-state index in [-0.39, 0.29) is 0 Å². The van der Waals surface area contributed by atoms with Crippen LogP contribution in [0.25, 0.3) is 0 Å². The average Bonchev–Trinajstić information content (AvgIpc) is 2.88. The van der Waals surface area contributed by atoms with Crippen LogP contribution in [0.5, 0.6) is 11.5 Å². The maximum absolute atomic E-state index is 5.39. The number of nitrogens with one attached hydrogen (secondary N) is 2. The summed E-state index contributed by atoms with van der Waals surface area (Å²) in [4.78, 5) is 16.2. The van der Waals surface area contributed by atoms with Gasteiger partial charge in [0.15, 0.2) is 0 Å². The summed E-state index contributed by atoms with van der Waals surface area (Å²) in [6, 6.07) is 16.5. The van der Waals surface area contributed by atoms with E-state index in [4.69, 9.17) is 19.4 Å². The fourth-order valence-corrected chi connectivity index (χ4v) is 4.19. The lowest BCUT2D eigenvalue weighted by Crippen LogP contribution is -2.26. The molecule has 0 spiro atoms. The van der Waals surface area contributed by atoms with Crippen LogP contribution >= 0.6 is 0 Å². The minimum Gasteiger partial charge on any atom is -0.497 e. The lowest BCUT2D eigenvalue weighted by molar-refractivity contribution is 0.393. The predicted molar refractivity (Wildman–Crippen MR) is 136 cm³/mol. The monoisotopic (exact) mass is 462 g/mol. The highest BCUT2D eigenvalue weighted by Gasteiger charge is 2.17. The fourth-order valence-electron chi connectivity index (χ4n) is 4.19. The smallest absolute Gasteiger partial charge is 0.231 e. The van der Waals surface area contributed by atoms with Crippen molar-refractivity contribution in [2.24, 2.45) is 0 Å². The summed E-state index contributed by atoms with van der Waals surface area (Å²) in [6.07, 6.45) is 6.08. The Morgan fingerprint density at radius 2 is 1.53 bits per heavy atom. The topological polar surface area (TPSA) is 84.4 Å². The van der Waals surface area contributed by atoms with E-state index in [2.05, 4.69) is 27.8 Å². The molecule has 0 amide bonds.